The molecule has 1 rings (SSSR count). The zero-order valence-electron chi connectivity index (χ0n) is 11.3. The van der Waals surface area contributed by atoms with E-state index in [0.29, 0.717) is 12.3 Å². The van der Waals surface area contributed by atoms with Gasteiger partial charge in [-0.3, -0.25) is 4.79 Å². The van der Waals surface area contributed by atoms with E-state index >= 15 is 0 Å². The standard InChI is InChI=1S/C14H20ClNO3/c1-3-7-16(14(18)9-15)10-13(17)11-5-4-6-12(8-11)19-2/h4-6,8,13,17H,3,7,9-10H2,1-2H3. The first kappa shape index (κ1) is 15.8. The fourth-order valence-corrected chi connectivity index (χ4v) is 2.00. The summed E-state index contributed by atoms with van der Waals surface area (Å²) in [7, 11) is 1.58. The third kappa shape index (κ3) is 4.73. The van der Waals surface area contributed by atoms with E-state index in [-0.39, 0.29) is 18.3 Å². The van der Waals surface area contributed by atoms with Crippen molar-refractivity contribution in [2.24, 2.45) is 0 Å². The highest BCUT2D eigenvalue weighted by atomic mass is 35.5. The van der Waals surface area contributed by atoms with E-state index in [4.69, 9.17) is 16.3 Å². The summed E-state index contributed by atoms with van der Waals surface area (Å²) in [6.07, 6.45) is 0.0850. The van der Waals surface area contributed by atoms with Gasteiger partial charge in [0.25, 0.3) is 0 Å². The Hall–Kier alpha value is -1.26. The maximum absolute atomic E-state index is 11.7. The summed E-state index contributed by atoms with van der Waals surface area (Å²) in [5, 5.41) is 10.2. The minimum Gasteiger partial charge on any atom is -0.497 e. The van der Waals surface area contributed by atoms with E-state index < -0.39 is 6.10 Å². The van der Waals surface area contributed by atoms with Gasteiger partial charge >= 0.3 is 0 Å². The first-order valence-electron chi connectivity index (χ1n) is 6.28. The van der Waals surface area contributed by atoms with Crippen molar-refractivity contribution in [3.05, 3.63) is 29.8 Å². The maximum Gasteiger partial charge on any atom is 0.237 e. The summed E-state index contributed by atoms with van der Waals surface area (Å²) in [4.78, 5) is 13.2. The van der Waals surface area contributed by atoms with Crippen molar-refractivity contribution < 1.29 is 14.6 Å². The number of halogens is 1. The average Bonchev–Trinajstić information content (AvgIpc) is 2.45. The number of amides is 1. The van der Waals surface area contributed by atoms with Crippen LogP contribution in [0.15, 0.2) is 24.3 Å². The Bertz CT molecular complexity index is 411. The number of hydrogen-bond acceptors (Lipinski definition) is 3. The van der Waals surface area contributed by atoms with E-state index in [9.17, 15) is 9.90 Å². The van der Waals surface area contributed by atoms with E-state index in [1.807, 2.05) is 25.1 Å². The molecule has 1 unspecified atom stereocenters. The predicted octanol–water partition coefficient (Wildman–Crippen LogP) is 2.21. The fraction of sp³-hybridized carbons (Fsp3) is 0.500. The van der Waals surface area contributed by atoms with E-state index in [1.54, 1.807) is 18.1 Å². The van der Waals surface area contributed by atoms with Crippen LogP contribution in [0.3, 0.4) is 0 Å². The average molecular weight is 286 g/mol. The van der Waals surface area contributed by atoms with Gasteiger partial charge in [0.05, 0.1) is 19.8 Å². The summed E-state index contributed by atoms with van der Waals surface area (Å²) in [5.74, 6) is 0.456. The van der Waals surface area contributed by atoms with Crippen molar-refractivity contribution >= 4 is 17.5 Å². The van der Waals surface area contributed by atoms with Crippen LogP contribution >= 0.6 is 11.6 Å². The molecule has 0 aliphatic carbocycles. The number of carbonyl (C=O) groups excluding carboxylic acids is 1. The lowest BCUT2D eigenvalue weighted by molar-refractivity contribution is -0.130. The van der Waals surface area contributed by atoms with E-state index in [1.165, 1.54) is 0 Å². The number of alkyl halides is 1. The summed E-state index contributed by atoms with van der Waals surface area (Å²) in [6, 6.07) is 7.19. The van der Waals surface area contributed by atoms with Crippen LogP contribution in [0.2, 0.25) is 0 Å². The Morgan fingerprint density at radius 1 is 1.53 bits per heavy atom. The van der Waals surface area contributed by atoms with Gasteiger partial charge in [0.2, 0.25) is 5.91 Å². The highest BCUT2D eigenvalue weighted by molar-refractivity contribution is 6.27. The fourth-order valence-electron chi connectivity index (χ4n) is 1.84. The summed E-state index contributed by atoms with van der Waals surface area (Å²) in [6.45, 7) is 2.81. The molecule has 0 fully saturated rings. The SMILES string of the molecule is CCCN(CC(O)c1cccc(OC)c1)C(=O)CCl. The second kappa shape index (κ2) is 8.02. The van der Waals surface area contributed by atoms with Crippen LogP contribution in [0.4, 0.5) is 0 Å². The Morgan fingerprint density at radius 2 is 2.26 bits per heavy atom. The molecule has 19 heavy (non-hydrogen) atoms. The van der Waals surface area contributed by atoms with Crippen molar-refractivity contribution in [3.8, 4) is 5.75 Å². The second-order valence-corrected chi connectivity index (χ2v) is 4.53. The number of methoxy groups -OCH3 is 1. The first-order valence-corrected chi connectivity index (χ1v) is 6.81. The van der Waals surface area contributed by atoms with Crippen LogP contribution in [0, 0.1) is 0 Å². The van der Waals surface area contributed by atoms with Crippen molar-refractivity contribution in [1.82, 2.24) is 4.90 Å². The Labute approximate surface area is 118 Å². The van der Waals surface area contributed by atoms with Gasteiger partial charge in [-0.25, -0.2) is 0 Å². The molecule has 1 aromatic carbocycles. The second-order valence-electron chi connectivity index (χ2n) is 4.27. The molecule has 106 valence electrons. The molecule has 0 saturated heterocycles. The third-order valence-corrected chi connectivity index (χ3v) is 3.06. The molecule has 0 radical (unpaired) electrons. The maximum atomic E-state index is 11.7. The normalized spacial score (nSPS) is 12.0. The predicted molar refractivity (Wildman–Crippen MR) is 75.5 cm³/mol. The Kier molecular flexibility index (Phi) is 6.67. The zero-order chi connectivity index (χ0) is 14.3. The molecule has 0 aromatic heterocycles. The van der Waals surface area contributed by atoms with Crippen LogP contribution < -0.4 is 4.74 Å². The van der Waals surface area contributed by atoms with Crippen molar-refractivity contribution in [2.75, 3.05) is 26.1 Å². The zero-order valence-corrected chi connectivity index (χ0v) is 12.1. The van der Waals surface area contributed by atoms with Crippen LogP contribution in [-0.4, -0.2) is 42.0 Å². The lowest BCUT2D eigenvalue weighted by atomic mass is 10.1. The number of nitrogens with zero attached hydrogens (tertiary/aromatic N) is 1. The summed E-state index contributed by atoms with van der Waals surface area (Å²) in [5.41, 5.74) is 0.725. The van der Waals surface area contributed by atoms with Crippen molar-refractivity contribution in [2.45, 2.75) is 19.4 Å². The molecule has 1 amide bonds. The molecule has 1 N–H and O–H groups in total. The van der Waals surface area contributed by atoms with Gasteiger partial charge in [0, 0.05) is 6.54 Å². The minimum atomic E-state index is -0.742. The molecule has 0 spiro atoms. The van der Waals surface area contributed by atoms with Gasteiger partial charge in [-0.15, -0.1) is 11.6 Å². The number of aliphatic hydroxyl groups is 1. The van der Waals surface area contributed by atoms with Gasteiger partial charge in [-0.1, -0.05) is 19.1 Å². The molecule has 5 heteroatoms. The minimum absolute atomic E-state index is 0.0647. The van der Waals surface area contributed by atoms with E-state index in [2.05, 4.69) is 0 Å². The number of carbonyl (C=O) groups is 1. The molecule has 4 nitrogen and oxygen atoms in total. The molecule has 0 saturated carbocycles. The number of rotatable bonds is 7. The molecule has 0 aliphatic heterocycles. The molecule has 0 aliphatic rings. The van der Waals surface area contributed by atoms with Gasteiger partial charge < -0.3 is 14.7 Å². The Morgan fingerprint density at radius 3 is 2.84 bits per heavy atom. The van der Waals surface area contributed by atoms with Crippen LogP contribution in [0.5, 0.6) is 5.75 Å². The molecular formula is C14H20ClNO3. The Balaban J connectivity index is 2.74. The smallest absolute Gasteiger partial charge is 0.237 e. The number of ether oxygens (including phenoxy) is 1. The van der Waals surface area contributed by atoms with Crippen molar-refractivity contribution in [1.29, 1.82) is 0 Å². The van der Waals surface area contributed by atoms with Crippen LogP contribution in [0.25, 0.3) is 0 Å². The van der Waals surface area contributed by atoms with Crippen molar-refractivity contribution in [3.63, 3.8) is 0 Å². The number of benzene rings is 1. The first-order chi connectivity index (χ1) is 9.12. The molecule has 1 atom stereocenters. The molecule has 0 bridgehead atoms. The molecular weight excluding hydrogens is 266 g/mol. The van der Waals surface area contributed by atoms with Gasteiger partial charge in [-0.2, -0.15) is 0 Å². The third-order valence-electron chi connectivity index (χ3n) is 2.83. The van der Waals surface area contributed by atoms with Crippen LogP contribution in [0.1, 0.15) is 25.0 Å². The van der Waals surface area contributed by atoms with Gasteiger partial charge in [-0.05, 0) is 24.1 Å². The summed E-state index contributed by atoms with van der Waals surface area (Å²) < 4.78 is 5.11. The van der Waals surface area contributed by atoms with E-state index in [0.717, 1.165) is 12.0 Å². The highest BCUT2D eigenvalue weighted by Gasteiger charge is 2.17. The topological polar surface area (TPSA) is 49.8 Å². The number of aliphatic hydroxyl groups excluding tert-OH is 1. The molecule has 0 heterocycles. The monoisotopic (exact) mass is 285 g/mol. The lowest BCUT2D eigenvalue weighted by Crippen LogP contribution is -2.36. The van der Waals surface area contributed by atoms with Crippen LogP contribution in [-0.2, 0) is 4.79 Å². The highest BCUT2D eigenvalue weighted by Crippen LogP contribution is 2.20. The lowest BCUT2D eigenvalue weighted by Gasteiger charge is -2.24. The number of hydrogen-bond donors (Lipinski definition) is 1. The molecule has 1 aromatic rings. The van der Waals surface area contributed by atoms with Gasteiger partial charge in [0.1, 0.15) is 11.6 Å². The summed E-state index contributed by atoms with van der Waals surface area (Å²) >= 11 is 5.57. The quantitative estimate of drug-likeness (QED) is 0.782. The van der Waals surface area contributed by atoms with Gasteiger partial charge in [0.15, 0.2) is 0 Å². The largest absolute Gasteiger partial charge is 0.497 e.